The average Bonchev–Trinajstić information content (AvgIpc) is 2.49. The molecule has 1 atom stereocenters. The summed E-state index contributed by atoms with van der Waals surface area (Å²) in [6, 6.07) is 8.02. The van der Waals surface area contributed by atoms with E-state index in [1.807, 2.05) is 18.2 Å². The van der Waals surface area contributed by atoms with E-state index in [1.54, 1.807) is 0 Å². The Morgan fingerprint density at radius 2 is 2.00 bits per heavy atom. The van der Waals surface area contributed by atoms with E-state index in [9.17, 15) is 0 Å². The first-order chi connectivity index (χ1) is 7.57. The van der Waals surface area contributed by atoms with Crippen molar-refractivity contribution in [3.05, 3.63) is 35.4 Å². The van der Waals surface area contributed by atoms with E-state index in [4.69, 9.17) is 2.74 Å². The van der Waals surface area contributed by atoms with Crippen LogP contribution in [0.2, 0.25) is 0 Å². The van der Waals surface area contributed by atoms with Gasteiger partial charge in [-0.05, 0) is 42.2 Å². The molecule has 0 radical (unpaired) electrons. The molecule has 1 aromatic rings. The van der Waals surface area contributed by atoms with Gasteiger partial charge in [0.1, 0.15) is 0 Å². The van der Waals surface area contributed by atoms with Crippen LogP contribution in [0.4, 0.5) is 0 Å². The normalized spacial score (nSPS) is 30.7. The molecular weight excluding hydrogens is 168 g/mol. The second-order valence-corrected chi connectivity index (χ2v) is 4.34. The van der Waals surface area contributed by atoms with Gasteiger partial charge in [-0.15, -0.1) is 0 Å². The molecule has 1 unspecified atom stereocenters. The molecule has 0 heterocycles. The van der Waals surface area contributed by atoms with Gasteiger partial charge in [0.05, 0.1) is 0 Å². The van der Waals surface area contributed by atoms with E-state index < -0.39 is 6.37 Å². The SMILES string of the molecule is [2H]C1([2H])c2ccccc2CC1(CC)CCC. The lowest BCUT2D eigenvalue weighted by Gasteiger charge is -2.26. The van der Waals surface area contributed by atoms with E-state index >= 15 is 0 Å². The van der Waals surface area contributed by atoms with Gasteiger partial charge in [0.2, 0.25) is 0 Å². The van der Waals surface area contributed by atoms with Crippen LogP contribution in [-0.4, -0.2) is 0 Å². The Bertz CT molecular complexity index is 384. The van der Waals surface area contributed by atoms with Crippen molar-refractivity contribution in [2.45, 2.75) is 45.9 Å². The summed E-state index contributed by atoms with van der Waals surface area (Å²) >= 11 is 0. The summed E-state index contributed by atoms with van der Waals surface area (Å²) in [7, 11) is 0. The summed E-state index contributed by atoms with van der Waals surface area (Å²) in [6.07, 6.45) is 2.70. The first-order valence-corrected chi connectivity index (χ1v) is 5.66. The van der Waals surface area contributed by atoms with Crippen molar-refractivity contribution in [2.24, 2.45) is 5.41 Å². The third-order valence-corrected chi connectivity index (χ3v) is 3.35. The maximum atomic E-state index is 8.44. The molecule has 2 rings (SSSR count). The van der Waals surface area contributed by atoms with Crippen LogP contribution in [0.25, 0.3) is 0 Å². The number of fused-ring (bicyclic) bond motifs is 1. The van der Waals surface area contributed by atoms with Crippen molar-refractivity contribution in [1.82, 2.24) is 0 Å². The molecule has 0 aliphatic heterocycles. The number of hydrogen-bond acceptors (Lipinski definition) is 0. The van der Waals surface area contributed by atoms with Crippen LogP contribution in [0, 0.1) is 5.41 Å². The molecule has 0 heteroatoms. The minimum absolute atomic E-state index is 0.175. The van der Waals surface area contributed by atoms with E-state index in [2.05, 4.69) is 19.9 Å². The molecule has 14 heavy (non-hydrogen) atoms. The molecule has 0 N–H and O–H groups in total. The minimum Gasteiger partial charge on any atom is -0.0654 e. The molecule has 1 aliphatic carbocycles. The van der Waals surface area contributed by atoms with E-state index in [0.29, 0.717) is 0 Å². The van der Waals surface area contributed by atoms with Crippen LogP contribution >= 0.6 is 0 Å². The van der Waals surface area contributed by atoms with Crippen molar-refractivity contribution in [3.63, 3.8) is 0 Å². The predicted octanol–water partition coefficient (Wildman–Crippen LogP) is 3.98. The maximum Gasteiger partial charge on any atom is 0.0322 e. The Morgan fingerprint density at radius 1 is 1.29 bits per heavy atom. The number of rotatable bonds is 3. The third kappa shape index (κ3) is 1.58. The summed E-state index contributed by atoms with van der Waals surface area (Å²) in [5, 5.41) is 0. The van der Waals surface area contributed by atoms with Crippen molar-refractivity contribution in [1.29, 1.82) is 0 Å². The van der Waals surface area contributed by atoms with E-state index in [0.717, 1.165) is 31.2 Å². The Balaban J connectivity index is 2.48. The van der Waals surface area contributed by atoms with Crippen LogP contribution in [-0.2, 0) is 12.8 Å². The van der Waals surface area contributed by atoms with Crippen LogP contribution in [0.15, 0.2) is 24.3 Å². The fourth-order valence-corrected chi connectivity index (χ4v) is 2.51. The summed E-state index contributed by atoms with van der Waals surface area (Å²) in [5.41, 5.74) is 1.96. The second-order valence-electron chi connectivity index (χ2n) is 4.34. The standard InChI is InChI=1S/C14H20/c1-3-9-14(4-2)10-12-7-5-6-8-13(12)11-14/h5-8H,3-4,9-11H2,1-2H3/i10D2. The third-order valence-electron chi connectivity index (χ3n) is 3.35. The first kappa shape index (κ1) is 7.50. The van der Waals surface area contributed by atoms with Crippen LogP contribution in [0.1, 0.15) is 47.0 Å². The Labute approximate surface area is 90.2 Å². The molecule has 0 bridgehead atoms. The van der Waals surface area contributed by atoms with Gasteiger partial charge < -0.3 is 0 Å². The number of hydrogen-bond donors (Lipinski definition) is 0. The van der Waals surface area contributed by atoms with Gasteiger partial charge in [0.25, 0.3) is 0 Å². The van der Waals surface area contributed by atoms with Crippen molar-refractivity contribution in [3.8, 4) is 0 Å². The Kier molecular flexibility index (Phi) is 2.02. The van der Waals surface area contributed by atoms with Crippen LogP contribution < -0.4 is 0 Å². The summed E-state index contributed by atoms with van der Waals surface area (Å²) in [5.74, 6) is 0. The molecule has 0 saturated heterocycles. The quantitative estimate of drug-likeness (QED) is 0.676. The molecular formula is C14H20. The van der Waals surface area contributed by atoms with E-state index in [-0.39, 0.29) is 5.41 Å². The zero-order valence-corrected chi connectivity index (χ0v) is 9.14. The highest BCUT2D eigenvalue weighted by Crippen LogP contribution is 2.42. The van der Waals surface area contributed by atoms with Gasteiger partial charge in [-0.2, -0.15) is 0 Å². The molecule has 0 fully saturated rings. The predicted molar refractivity (Wildman–Crippen MR) is 61.5 cm³/mol. The molecule has 76 valence electrons. The molecule has 1 aromatic carbocycles. The topological polar surface area (TPSA) is 0 Å². The second kappa shape index (κ2) is 3.76. The minimum atomic E-state index is -1.16. The average molecular weight is 190 g/mol. The van der Waals surface area contributed by atoms with Crippen molar-refractivity contribution < 1.29 is 2.74 Å². The zero-order chi connectivity index (χ0) is 11.8. The lowest BCUT2D eigenvalue weighted by atomic mass is 9.78. The zero-order valence-electron chi connectivity index (χ0n) is 11.1. The Morgan fingerprint density at radius 3 is 2.57 bits per heavy atom. The molecule has 0 amide bonds. The highest BCUT2D eigenvalue weighted by molar-refractivity contribution is 5.34. The van der Waals surface area contributed by atoms with Gasteiger partial charge in [-0.25, -0.2) is 0 Å². The highest BCUT2D eigenvalue weighted by atomic mass is 14.4. The fraction of sp³-hybridized carbons (Fsp3) is 0.571. The van der Waals surface area contributed by atoms with Gasteiger partial charge in [0, 0.05) is 2.74 Å². The van der Waals surface area contributed by atoms with Crippen LogP contribution in [0.5, 0.6) is 0 Å². The molecule has 1 aliphatic rings. The monoisotopic (exact) mass is 190 g/mol. The Hall–Kier alpha value is -0.780. The molecule has 0 spiro atoms. The van der Waals surface area contributed by atoms with Crippen molar-refractivity contribution in [2.75, 3.05) is 0 Å². The van der Waals surface area contributed by atoms with Gasteiger partial charge in [-0.3, -0.25) is 0 Å². The largest absolute Gasteiger partial charge is 0.0654 e. The van der Waals surface area contributed by atoms with E-state index in [1.165, 1.54) is 5.56 Å². The first-order valence-electron chi connectivity index (χ1n) is 6.66. The summed E-state index contributed by atoms with van der Waals surface area (Å²) in [6.45, 7) is 4.27. The van der Waals surface area contributed by atoms with Crippen LogP contribution in [0.3, 0.4) is 0 Å². The lowest BCUT2D eigenvalue weighted by molar-refractivity contribution is 0.264. The van der Waals surface area contributed by atoms with Gasteiger partial charge in [-0.1, -0.05) is 44.5 Å². The fourth-order valence-electron chi connectivity index (χ4n) is 2.51. The van der Waals surface area contributed by atoms with Crippen molar-refractivity contribution >= 4 is 0 Å². The molecule has 0 saturated carbocycles. The smallest absolute Gasteiger partial charge is 0.0322 e. The highest BCUT2D eigenvalue weighted by Gasteiger charge is 2.34. The summed E-state index contributed by atoms with van der Waals surface area (Å²) < 4.78 is 16.9. The lowest BCUT2D eigenvalue weighted by Crippen LogP contribution is -2.19. The molecule has 0 aromatic heterocycles. The van der Waals surface area contributed by atoms with Gasteiger partial charge in [0.15, 0.2) is 0 Å². The maximum absolute atomic E-state index is 8.44. The number of benzene rings is 1. The van der Waals surface area contributed by atoms with Gasteiger partial charge >= 0.3 is 0 Å². The molecule has 0 nitrogen and oxygen atoms in total. The summed E-state index contributed by atoms with van der Waals surface area (Å²) in [4.78, 5) is 0.